The smallest absolute Gasteiger partial charge is 0.244 e. The maximum Gasteiger partial charge on any atom is 0.244 e. The average Bonchev–Trinajstić information content (AvgIpc) is 2.37. The first kappa shape index (κ1) is 16.2. The van der Waals surface area contributed by atoms with Gasteiger partial charge in [-0.1, -0.05) is 13.8 Å². The van der Waals surface area contributed by atoms with E-state index in [-0.39, 0.29) is 17.9 Å². The number of hydrogen-bond donors (Lipinski definition) is 2. The van der Waals surface area contributed by atoms with Crippen molar-refractivity contribution in [1.29, 1.82) is 0 Å². The molecule has 20 heavy (non-hydrogen) atoms. The van der Waals surface area contributed by atoms with Crippen molar-refractivity contribution in [2.45, 2.75) is 39.7 Å². The van der Waals surface area contributed by atoms with Gasteiger partial charge in [-0.25, -0.2) is 9.97 Å². The Morgan fingerprint density at radius 3 is 2.35 bits per heavy atom. The second kappa shape index (κ2) is 7.07. The molecule has 0 saturated carbocycles. The number of carbonyl (C=O) groups is 1. The lowest BCUT2D eigenvalue weighted by Crippen LogP contribution is -2.37. The molecule has 1 aromatic rings. The van der Waals surface area contributed by atoms with Crippen molar-refractivity contribution in [3.8, 4) is 0 Å². The molecule has 1 amide bonds. The third-order valence-electron chi connectivity index (χ3n) is 2.97. The van der Waals surface area contributed by atoms with Gasteiger partial charge in [0.2, 0.25) is 5.91 Å². The largest absolute Gasteiger partial charge is 0.370 e. The summed E-state index contributed by atoms with van der Waals surface area (Å²) in [6.07, 6.45) is 1.51. The molecule has 0 spiro atoms. The molecule has 0 aliphatic rings. The zero-order valence-corrected chi connectivity index (χ0v) is 13.2. The van der Waals surface area contributed by atoms with Crippen LogP contribution in [-0.4, -0.2) is 47.5 Å². The second-order valence-corrected chi connectivity index (χ2v) is 5.27. The van der Waals surface area contributed by atoms with Crippen LogP contribution in [0.1, 0.15) is 39.2 Å². The maximum atomic E-state index is 11.9. The zero-order valence-electron chi connectivity index (χ0n) is 13.2. The van der Waals surface area contributed by atoms with Crippen LogP contribution in [0.4, 0.5) is 11.6 Å². The summed E-state index contributed by atoms with van der Waals surface area (Å²) < 4.78 is 0. The van der Waals surface area contributed by atoms with E-state index in [2.05, 4.69) is 34.4 Å². The summed E-state index contributed by atoms with van der Waals surface area (Å²) in [5.74, 6) is 1.82. The number of nitrogens with zero attached hydrogens (tertiary/aromatic N) is 3. The van der Waals surface area contributed by atoms with Crippen LogP contribution >= 0.6 is 0 Å². The zero-order chi connectivity index (χ0) is 15.3. The van der Waals surface area contributed by atoms with Crippen LogP contribution in [0, 0.1) is 0 Å². The third kappa shape index (κ3) is 3.82. The van der Waals surface area contributed by atoms with Gasteiger partial charge >= 0.3 is 0 Å². The molecule has 0 saturated heterocycles. The van der Waals surface area contributed by atoms with Gasteiger partial charge in [-0.15, -0.1) is 0 Å². The van der Waals surface area contributed by atoms with Crippen LogP contribution in [0.5, 0.6) is 0 Å². The number of hydrogen-bond acceptors (Lipinski definition) is 5. The molecular weight excluding hydrogens is 254 g/mol. The summed E-state index contributed by atoms with van der Waals surface area (Å²) in [4.78, 5) is 22.1. The summed E-state index contributed by atoms with van der Waals surface area (Å²) in [6.45, 7) is 8.83. The maximum absolute atomic E-state index is 11.9. The molecule has 112 valence electrons. The summed E-state index contributed by atoms with van der Waals surface area (Å²) in [7, 11) is 3.49. The van der Waals surface area contributed by atoms with E-state index in [1.54, 1.807) is 19.0 Å². The molecule has 6 nitrogen and oxygen atoms in total. The number of likely N-dealkylation sites (N-methyl/N-ethyl adjacent to an activating group) is 1. The van der Waals surface area contributed by atoms with Crippen LogP contribution in [0.25, 0.3) is 0 Å². The summed E-state index contributed by atoms with van der Waals surface area (Å²) >= 11 is 0. The SMILES string of the molecule is CCNc1ncnc(NC(C)C(=O)N(C)C)c1C(C)C. The first-order chi connectivity index (χ1) is 9.38. The Morgan fingerprint density at radius 2 is 1.85 bits per heavy atom. The van der Waals surface area contributed by atoms with Crippen molar-refractivity contribution in [2.75, 3.05) is 31.3 Å². The highest BCUT2D eigenvalue weighted by Crippen LogP contribution is 2.28. The monoisotopic (exact) mass is 279 g/mol. The normalized spacial score (nSPS) is 12.2. The number of aromatic nitrogens is 2. The molecule has 1 unspecified atom stereocenters. The van der Waals surface area contributed by atoms with Gasteiger partial charge in [-0.05, 0) is 19.8 Å². The number of rotatable bonds is 6. The van der Waals surface area contributed by atoms with E-state index in [4.69, 9.17) is 0 Å². The average molecular weight is 279 g/mol. The molecule has 0 fully saturated rings. The van der Waals surface area contributed by atoms with Crippen molar-refractivity contribution < 1.29 is 4.79 Å². The van der Waals surface area contributed by atoms with Gasteiger partial charge < -0.3 is 15.5 Å². The molecule has 1 atom stereocenters. The molecule has 0 radical (unpaired) electrons. The van der Waals surface area contributed by atoms with Crippen LogP contribution in [-0.2, 0) is 4.79 Å². The molecule has 2 N–H and O–H groups in total. The minimum Gasteiger partial charge on any atom is -0.370 e. The Bertz CT molecular complexity index is 459. The highest BCUT2D eigenvalue weighted by Gasteiger charge is 2.20. The van der Waals surface area contributed by atoms with Crippen LogP contribution in [0.15, 0.2) is 6.33 Å². The third-order valence-corrected chi connectivity index (χ3v) is 2.97. The molecular formula is C14H25N5O. The van der Waals surface area contributed by atoms with Crippen molar-refractivity contribution in [1.82, 2.24) is 14.9 Å². The predicted octanol–water partition coefficient (Wildman–Crippen LogP) is 1.92. The lowest BCUT2D eigenvalue weighted by atomic mass is 10.0. The fourth-order valence-electron chi connectivity index (χ4n) is 2.02. The summed E-state index contributed by atoms with van der Waals surface area (Å²) in [6, 6.07) is -0.327. The van der Waals surface area contributed by atoms with Crippen molar-refractivity contribution >= 4 is 17.5 Å². The molecule has 1 rings (SSSR count). The van der Waals surface area contributed by atoms with Gasteiger partial charge in [0.1, 0.15) is 24.0 Å². The van der Waals surface area contributed by atoms with E-state index in [1.165, 1.54) is 6.33 Å². The Labute approximate surface area is 121 Å². The molecule has 0 aromatic carbocycles. The van der Waals surface area contributed by atoms with Crippen molar-refractivity contribution in [2.24, 2.45) is 0 Å². The van der Waals surface area contributed by atoms with E-state index in [9.17, 15) is 4.79 Å². The molecule has 0 bridgehead atoms. The van der Waals surface area contributed by atoms with Crippen molar-refractivity contribution in [3.05, 3.63) is 11.9 Å². The highest BCUT2D eigenvalue weighted by atomic mass is 16.2. The molecule has 0 aliphatic carbocycles. The van der Waals surface area contributed by atoms with E-state index in [1.807, 2.05) is 13.8 Å². The Balaban J connectivity index is 3.05. The van der Waals surface area contributed by atoms with E-state index < -0.39 is 0 Å². The van der Waals surface area contributed by atoms with Gasteiger partial charge in [0.25, 0.3) is 0 Å². The minimum atomic E-state index is -0.327. The lowest BCUT2D eigenvalue weighted by Gasteiger charge is -2.22. The highest BCUT2D eigenvalue weighted by molar-refractivity contribution is 5.84. The van der Waals surface area contributed by atoms with Gasteiger partial charge in [-0.2, -0.15) is 0 Å². The van der Waals surface area contributed by atoms with Gasteiger partial charge in [0.15, 0.2) is 0 Å². The Hall–Kier alpha value is -1.85. The fourth-order valence-corrected chi connectivity index (χ4v) is 2.02. The first-order valence-electron chi connectivity index (χ1n) is 6.94. The van der Waals surface area contributed by atoms with Gasteiger partial charge in [0, 0.05) is 26.2 Å². The molecule has 1 aromatic heterocycles. The second-order valence-electron chi connectivity index (χ2n) is 5.27. The topological polar surface area (TPSA) is 70.1 Å². The molecule has 1 heterocycles. The van der Waals surface area contributed by atoms with Gasteiger partial charge in [0.05, 0.1) is 0 Å². The molecule has 6 heteroatoms. The summed E-state index contributed by atoms with van der Waals surface area (Å²) in [5, 5.41) is 6.43. The Kier molecular flexibility index (Phi) is 5.73. The number of anilines is 2. The van der Waals surface area contributed by atoms with E-state index in [0.29, 0.717) is 5.82 Å². The molecule has 0 aliphatic heterocycles. The fraction of sp³-hybridized carbons (Fsp3) is 0.643. The van der Waals surface area contributed by atoms with E-state index in [0.717, 1.165) is 17.9 Å². The number of amides is 1. The van der Waals surface area contributed by atoms with Gasteiger partial charge in [-0.3, -0.25) is 4.79 Å². The number of nitrogens with one attached hydrogen (secondary N) is 2. The Morgan fingerprint density at radius 1 is 1.25 bits per heavy atom. The van der Waals surface area contributed by atoms with Crippen molar-refractivity contribution in [3.63, 3.8) is 0 Å². The standard InChI is InChI=1S/C14H25N5O/c1-7-15-12-11(9(2)3)13(17-8-16-12)18-10(4)14(20)19(5)6/h8-10H,7H2,1-6H3,(H2,15,16,17,18). The summed E-state index contributed by atoms with van der Waals surface area (Å²) in [5.41, 5.74) is 1.01. The number of carbonyl (C=O) groups excluding carboxylic acids is 1. The van der Waals surface area contributed by atoms with Crippen LogP contribution in [0.3, 0.4) is 0 Å². The van der Waals surface area contributed by atoms with Crippen LogP contribution < -0.4 is 10.6 Å². The lowest BCUT2D eigenvalue weighted by molar-refractivity contribution is -0.129. The predicted molar refractivity (Wildman–Crippen MR) is 82.1 cm³/mol. The minimum absolute atomic E-state index is 0.0170. The quantitative estimate of drug-likeness (QED) is 0.832. The van der Waals surface area contributed by atoms with Crippen LogP contribution in [0.2, 0.25) is 0 Å². The van der Waals surface area contributed by atoms with E-state index >= 15 is 0 Å². The first-order valence-corrected chi connectivity index (χ1v) is 6.94.